The monoisotopic (exact) mass is 160 g/mol. The summed E-state index contributed by atoms with van der Waals surface area (Å²) in [5.74, 6) is 0.361. The summed E-state index contributed by atoms with van der Waals surface area (Å²) >= 11 is 5.15. The molecule has 54 valence electrons. The molecule has 3 nitrogen and oxygen atoms in total. The first-order chi connectivity index (χ1) is 4.75. The summed E-state index contributed by atoms with van der Waals surface area (Å²) in [6.07, 6.45) is 2.56. The Morgan fingerprint density at radius 2 is 2.40 bits per heavy atom. The molecule has 10 heavy (non-hydrogen) atoms. The first-order valence-electron chi connectivity index (χ1n) is 2.55. The molecule has 0 N–H and O–H groups in total. The van der Waals surface area contributed by atoms with Gasteiger partial charge in [0.05, 0.1) is 7.11 Å². The van der Waals surface area contributed by atoms with E-state index in [-0.39, 0.29) is 5.56 Å². The van der Waals surface area contributed by atoms with Gasteiger partial charge in [0, 0.05) is 0 Å². The van der Waals surface area contributed by atoms with Crippen LogP contribution in [0, 0.1) is 0 Å². The average Bonchev–Trinajstić information content (AvgIpc) is 2.33. The van der Waals surface area contributed by atoms with Gasteiger partial charge in [-0.2, -0.15) is 0 Å². The lowest BCUT2D eigenvalue weighted by Crippen LogP contribution is -1.89. The average molecular weight is 161 g/mol. The van der Waals surface area contributed by atoms with E-state index >= 15 is 0 Å². The molecule has 0 aliphatic heterocycles. The molecule has 1 heterocycles. The summed E-state index contributed by atoms with van der Waals surface area (Å²) < 4.78 is 9.42. The predicted molar refractivity (Wildman–Crippen MR) is 35.4 cm³/mol. The lowest BCUT2D eigenvalue weighted by Gasteiger charge is -1.92. The molecule has 0 saturated heterocycles. The number of furan rings is 1. The fraction of sp³-hybridized carbons (Fsp3) is 0.167. The number of carbonyl (C=O) groups excluding carboxylic acids is 1. The third-order valence-corrected chi connectivity index (χ3v) is 1.26. The standard InChI is InChI=1S/C6H5ClO3/c1-9-5-3-10-2-4(5)6(7)8/h2-3H,1H3. The van der Waals surface area contributed by atoms with E-state index in [2.05, 4.69) is 4.42 Å². The lowest BCUT2D eigenvalue weighted by atomic mass is 10.3. The van der Waals surface area contributed by atoms with Crippen LogP contribution in [-0.2, 0) is 0 Å². The molecule has 0 atom stereocenters. The zero-order valence-electron chi connectivity index (χ0n) is 5.26. The van der Waals surface area contributed by atoms with Crippen LogP contribution in [0.2, 0.25) is 0 Å². The minimum absolute atomic E-state index is 0.254. The van der Waals surface area contributed by atoms with Crippen LogP contribution in [-0.4, -0.2) is 12.4 Å². The molecule has 0 bridgehead atoms. The highest BCUT2D eigenvalue weighted by atomic mass is 35.5. The summed E-state index contributed by atoms with van der Waals surface area (Å²) in [7, 11) is 1.44. The van der Waals surface area contributed by atoms with Gasteiger partial charge in [-0.1, -0.05) is 0 Å². The predicted octanol–water partition coefficient (Wildman–Crippen LogP) is 1.67. The Morgan fingerprint density at radius 3 is 2.80 bits per heavy atom. The quantitative estimate of drug-likeness (QED) is 0.618. The molecule has 0 amide bonds. The van der Waals surface area contributed by atoms with Crippen LogP contribution in [0.15, 0.2) is 16.9 Å². The van der Waals surface area contributed by atoms with E-state index in [4.69, 9.17) is 16.3 Å². The molecular formula is C6H5ClO3. The van der Waals surface area contributed by atoms with Gasteiger partial charge in [0.15, 0.2) is 5.75 Å². The molecule has 0 aliphatic rings. The number of hydrogen-bond acceptors (Lipinski definition) is 3. The van der Waals surface area contributed by atoms with Crippen molar-refractivity contribution in [3.05, 3.63) is 18.1 Å². The Labute approximate surface area is 62.5 Å². The second-order valence-corrected chi connectivity index (χ2v) is 1.97. The molecule has 0 fully saturated rings. The van der Waals surface area contributed by atoms with Crippen LogP contribution in [0.3, 0.4) is 0 Å². The highest BCUT2D eigenvalue weighted by Crippen LogP contribution is 2.20. The van der Waals surface area contributed by atoms with Crippen molar-refractivity contribution >= 4 is 16.8 Å². The van der Waals surface area contributed by atoms with Crippen molar-refractivity contribution in [3.63, 3.8) is 0 Å². The van der Waals surface area contributed by atoms with Gasteiger partial charge in [-0.25, -0.2) is 0 Å². The highest BCUT2D eigenvalue weighted by Gasteiger charge is 2.10. The van der Waals surface area contributed by atoms with Crippen molar-refractivity contribution in [2.24, 2.45) is 0 Å². The topological polar surface area (TPSA) is 39.4 Å². The molecule has 1 aromatic rings. The van der Waals surface area contributed by atoms with Gasteiger partial charge in [0.1, 0.15) is 18.1 Å². The largest absolute Gasteiger partial charge is 0.493 e. The van der Waals surface area contributed by atoms with Crippen LogP contribution < -0.4 is 4.74 Å². The second kappa shape index (κ2) is 2.75. The molecule has 0 unspecified atom stereocenters. The molecule has 1 aromatic heterocycles. The number of ether oxygens (including phenoxy) is 1. The van der Waals surface area contributed by atoms with Crippen LogP contribution in [0.25, 0.3) is 0 Å². The maximum atomic E-state index is 10.5. The van der Waals surface area contributed by atoms with Gasteiger partial charge in [0.25, 0.3) is 5.24 Å². The summed E-state index contributed by atoms with van der Waals surface area (Å²) in [4.78, 5) is 10.5. The zero-order chi connectivity index (χ0) is 7.56. The Bertz CT molecular complexity index is 241. The van der Waals surface area contributed by atoms with E-state index in [0.717, 1.165) is 0 Å². The molecule has 0 aromatic carbocycles. The van der Waals surface area contributed by atoms with Gasteiger partial charge < -0.3 is 9.15 Å². The van der Waals surface area contributed by atoms with E-state index in [9.17, 15) is 4.79 Å². The molecular weight excluding hydrogens is 156 g/mol. The Balaban J connectivity index is 3.01. The highest BCUT2D eigenvalue weighted by molar-refractivity contribution is 6.68. The molecule has 0 radical (unpaired) electrons. The van der Waals surface area contributed by atoms with E-state index in [1.54, 1.807) is 0 Å². The number of hydrogen-bond donors (Lipinski definition) is 0. The van der Waals surface area contributed by atoms with Crippen LogP contribution in [0.1, 0.15) is 10.4 Å². The maximum Gasteiger partial charge on any atom is 0.259 e. The summed E-state index contributed by atoms with van der Waals surface area (Å²) in [6.45, 7) is 0. The van der Waals surface area contributed by atoms with E-state index in [0.29, 0.717) is 5.75 Å². The summed E-state index contributed by atoms with van der Waals surface area (Å²) in [5.41, 5.74) is 0.254. The van der Waals surface area contributed by atoms with Gasteiger partial charge in [-0.05, 0) is 11.6 Å². The van der Waals surface area contributed by atoms with Crippen molar-refractivity contribution in [2.75, 3.05) is 7.11 Å². The van der Waals surface area contributed by atoms with Crippen LogP contribution in [0.5, 0.6) is 5.75 Å². The number of methoxy groups -OCH3 is 1. The van der Waals surface area contributed by atoms with Gasteiger partial charge >= 0.3 is 0 Å². The van der Waals surface area contributed by atoms with Crippen LogP contribution >= 0.6 is 11.6 Å². The van der Waals surface area contributed by atoms with Crippen molar-refractivity contribution in [3.8, 4) is 5.75 Å². The van der Waals surface area contributed by atoms with Crippen molar-refractivity contribution in [1.82, 2.24) is 0 Å². The molecule has 0 aliphatic carbocycles. The van der Waals surface area contributed by atoms with Gasteiger partial charge in [-0.15, -0.1) is 0 Å². The van der Waals surface area contributed by atoms with Gasteiger partial charge in [0.2, 0.25) is 0 Å². The fourth-order valence-electron chi connectivity index (χ4n) is 0.587. The molecule has 0 saturated carbocycles. The summed E-state index contributed by atoms with van der Waals surface area (Å²) in [6, 6.07) is 0. The third-order valence-electron chi connectivity index (χ3n) is 1.06. The molecule has 1 rings (SSSR count). The lowest BCUT2D eigenvalue weighted by molar-refractivity contribution is 0.107. The summed E-state index contributed by atoms with van der Waals surface area (Å²) in [5, 5.41) is -0.578. The Hall–Kier alpha value is -0.960. The smallest absolute Gasteiger partial charge is 0.259 e. The van der Waals surface area contributed by atoms with Crippen molar-refractivity contribution in [2.45, 2.75) is 0 Å². The Morgan fingerprint density at radius 1 is 1.70 bits per heavy atom. The zero-order valence-corrected chi connectivity index (χ0v) is 6.01. The number of halogens is 1. The van der Waals surface area contributed by atoms with E-state index < -0.39 is 5.24 Å². The Kier molecular flexibility index (Phi) is 1.97. The maximum absolute atomic E-state index is 10.5. The molecule has 4 heteroatoms. The number of carbonyl (C=O) groups is 1. The van der Waals surface area contributed by atoms with Crippen molar-refractivity contribution in [1.29, 1.82) is 0 Å². The van der Waals surface area contributed by atoms with Gasteiger partial charge in [-0.3, -0.25) is 4.79 Å². The number of rotatable bonds is 2. The molecule has 0 spiro atoms. The normalized spacial score (nSPS) is 9.40. The third kappa shape index (κ3) is 1.14. The van der Waals surface area contributed by atoms with Crippen LogP contribution in [0.4, 0.5) is 0 Å². The van der Waals surface area contributed by atoms with Crippen molar-refractivity contribution < 1.29 is 13.9 Å². The minimum atomic E-state index is -0.578. The van der Waals surface area contributed by atoms with E-state index in [1.807, 2.05) is 0 Å². The second-order valence-electron chi connectivity index (χ2n) is 1.63. The minimum Gasteiger partial charge on any atom is -0.493 e. The first kappa shape index (κ1) is 7.15. The SMILES string of the molecule is COc1cocc1C(=O)Cl. The van der Waals surface area contributed by atoms with E-state index in [1.165, 1.54) is 19.6 Å². The fourth-order valence-corrected chi connectivity index (χ4v) is 0.724. The first-order valence-corrected chi connectivity index (χ1v) is 2.93.